The summed E-state index contributed by atoms with van der Waals surface area (Å²) in [7, 11) is 0. The number of aromatic nitrogens is 2. The molecule has 0 radical (unpaired) electrons. The molecule has 3 aromatic rings. The van der Waals surface area contributed by atoms with Gasteiger partial charge in [-0.05, 0) is 24.1 Å². The summed E-state index contributed by atoms with van der Waals surface area (Å²) < 4.78 is 0. The van der Waals surface area contributed by atoms with E-state index in [9.17, 15) is 9.59 Å². The van der Waals surface area contributed by atoms with Crippen LogP contribution in [0.1, 0.15) is 38.7 Å². The Morgan fingerprint density at radius 3 is 2.48 bits per heavy atom. The molecule has 1 aromatic heterocycles. The molecule has 0 aliphatic rings. The van der Waals surface area contributed by atoms with Gasteiger partial charge in [0.2, 0.25) is 5.78 Å². The number of aryl methyl sites for hydroxylation is 1. The highest BCUT2D eigenvalue weighted by molar-refractivity contribution is 6.08. The van der Waals surface area contributed by atoms with Crippen molar-refractivity contribution in [3.05, 3.63) is 94.6 Å². The van der Waals surface area contributed by atoms with Gasteiger partial charge in [0.05, 0.1) is 0 Å². The van der Waals surface area contributed by atoms with Gasteiger partial charge in [-0.2, -0.15) is 0 Å². The van der Waals surface area contributed by atoms with Crippen molar-refractivity contribution in [2.45, 2.75) is 13.3 Å². The topological polar surface area (TPSA) is 95.1 Å². The number of carbonyl (C=O) groups is 2. The maximum atomic E-state index is 12.6. The molecule has 0 spiro atoms. The minimum absolute atomic E-state index is 0.0988. The van der Waals surface area contributed by atoms with E-state index in [-0.39, 0.29) is 5.78 Å². The number of hydrogen-bond donors (Lipinski definition) is 3. The van der Waals surface area contributed by atoms with Gasteiger partial charge in [-0.1, -0.05) is 54.6 Å². The van der Waals surface area contributed by atoms with Crippen LogP contribution in [0, 0.1) is 6.92 Å². The molecule has 6 heteroatoms. The standard InChI is InChI=1S/C21H19N3O3/c1-14-20(21(26)17-5-3-2-4-6-17)23-18(22-14)13-16-9-7-15(8-10-16)11-12-19(25)24-27/h2-12,27H,13H2,1H3,(H,22,23)(H,24,25)/b12-11+. The van der Waals surface area contributed by atoms with E-state index in [0.29, 0.717) is 17.7 Å². The summed E-state index contributed by atoms with van der Waals surface area (Å²) in [6.45, 7) is 1.84. The number of benzene rings is 2. The largest absolute Gasteiger partial charge is 0.345 e. The first-order valence-corrected chi connectivity index (χ1v) is 8.43. The second kappa shape index (κ2) is 8.25. The second-order valence-corrected chi connectivity index (χ2v) is 6.08. The molecule has 1 heterocycles. The molecule has 0 atom stereocenters. The quantitative estimate of drug-likeness (QED) is 0.272. The first kappa shape index (κ1) is 18.3. The van der Waals surface area contributed by atoms with Crippen molar-refractivity contribution in [1.29, 1.82) is 0 Å². The number of hydroxylamine groups is 1. The molecule has 2 aromatic carbocycles. The lowest BCUT2D eigenvalue weighted by atomic mass is 10.1. The van der Waals surface area contributed by atoms with Gasteiger partial charge in [0.15, 0.2) is 0 Å². The van der Waals surface area contributed by atoms with Crippen LogP contribution < -0.4 is 5.48 Å². The van der Waals surface area contributed by atoms with Crippen molar-refractivity contribution in [3.63, 3.8) is 0 Å². The van der Waals surface area contributed by atoms with Crippen molar-refractivity contribution in [3.8, 4) is 0 Å². The Morgan fingerprint density at radius 1 is 1.11 bits per heavy atom. The fourth-order valence-electron chi connectivity index (χ4n) is 2.70. The monoisotopic (exact) mass is 361 g/mol. The molecule has 6 nitrogen and oxygen atoms in total. The normalized spacial score (nSPS) is 10.9. The Kier molecular flexibility index (Phi) is 5.58. The Hall–Kier alpha value is -3.51. The van der Waals surface area contributed by atoms with E-state index in [4.69, 9.17) is 5.21 Å². The molecule has 0 saturated carbocycles. The Bertz CT molecular complexity index is 974. The molecule has 0 bridgehead atoms. The van der Waals surface area contributed by atoms with Gasteiger partial charge in [0.1, 0.15) is 11.5 Å². The van der Waals surface area contributed by atoms with Gasteiger partial charge in [0, 0.05) is 23.8 Å². The summed E-state index contributed by atoms with van der Waals surface area (Å²) in [5, 5.41) is 8.47. The Balaban J connectivity index is 1.72. The molecule has 0 aliphatic heterocycles. The van der Waals surface area contributed by atoms with Gasteiger partial charge in [-0.15, -0.1) is 0 Å². The lowest BCUT2D eigenvalue weighted by Gasteiger charge is -2.00. The van der Waals surface area contributed by atoms with Crippen LogP contribution in [-0.4, -0.2) is 26.9 Å². The van der Waals surface area contributed by atoms with Crippen LogP contribution in [0.25, 0.3) is 6.08 Å². The fourth-order valence-corrected chi connectivity index (χ4v) is 2.70. The molecule has 3 N–H and O–H groups in total. The summed E-state index contributed by atoms with van der Waals surface area (Å²) in [6.07, 6.45) is 3.40. The second-order valence-electron chi connectivity index (χ2n) is 6.08. The summed E-state index contributed by atoms with van der Waals surface area (Å²) in [5.74, 6) is 0.0359. The third-order valence-electron chi connectivity index (χ3n) is 4.07. The van der Waals surface area contributed by atoms with Crippen molar-refractivity contribution >= 4 is 17.8 Å². The number of amides is 1. The zero-order valence-electron chi connectivity index (χ0n) is 14.8. The Morgan fingerprint density at radius 2 is 1.81 bits per heavy atom. The molecular formula is C21H19N3O3. The highest BCUT2D eigenvalue weighted by Crippen LogP contribution is 2.15. The summed E-state index contributed by atoms with van der Waals surface area (Å²) in [6, 6.07) is 16.7. The highest BCUT2D eigenvalue weighted by atomic mass is 16.5. The third kappa shape index (κ3) is 4.56. The number of hydrogen-bond acceptors (Lipinski definition) is 4. The molecule has 0 unspecified atom stereocenters. The predicted octanol–water partition coefficient (Wildman–Crippen LogP) is 3.06. The van der Waals surface area contributed by atoms with Crippen LogP contribution in [0.2, 0.25) is 0 Å². The number of aromatic amines is 1. The first-order chi connectivity index (χ1) is 13.1. The smallest absolute Gasteiger partial charge is 0.267 e. The molecule has 0 saturated heterocycles. The number of H-pyrrole nitrogens is 1. The van der Waals surface area contributed by atoms with Gasteiger partial charge in [0.25, 0.3) is 5.91 Å². The molecule has 27 heavy (non-hydrogen) atoms. The minimum Gasteiger partial charge on any atom is -0.345 e. The molecule has 1 amide bonds. The maximum Gasteiger partial charge on any atom is 0.267 e. The van der Waals surface area contributed by atoms with Crippen molar-refractivity contribution < 1.29 is 14.8 Å². The van der Waals surface area contributed by atoms with Crippen molar-refractivity contribution in [2.75, 3.05) is 0 Å². The first-order valence-electron chi connectivity index (χ1n) is 8.43. The van der Waals surface area contributed by atoms with Crippen LogP contribution in [0.5, 0.6) is 0 Å². The van der Waals surface area contributed by atoms with Crippen molar-refractivity contribution in [1.82, 2.24) is 15.4 Å². The number of ketones is 1. The van der Waals surface area contributed by atoms with Crippen LogP contribution in [0.3, 0.4) is 0 Å². The zero-order valence-corrected chi connectivity index (χ0v) is 14.8. The minimum atomic E-state index is -0.583. The molecule has 136 valence electrons. The van der Waals surface area contributed by atoms with E-state index in [1.54, 1.807) is 23.7 Å². The lowest BCUT2D eigenvalue weighted by molar-refractivity contribution is -0.124. The van der Waals surface area contributed by atoms with E-state index in [1.165, 1.54) is 6.08 Å². The average Bonchev–Trinajstić information content (AvgIpc) is 3.07. The van der Waals surface area contributed by atoms with E-state index in [2.05, 4.69) is 9.97 Å². The van der Waals surface area contributed by atoms with Gasteiger partial charge >= 0.3 is 0 Å². The van der Waals surface area contributed by atoms with Crippen LogP contribution in [-0.2, 0) is 11.2 Å². The van der Waals surface area contributed by atoms with Gasteiger partial charge in [-0.25, -0.2) is 10.5 Å². The third-order valence-corrected chi connectivity index (χ3v) is 4.07. The van der Waals surface area contributed by atoms with Crippen LogP contribution in [0.15, 0.2) is 60.7 Å². The van der Waals surface area contributed by atoms with E-state index >= 15 is 0 Å². The Labute approximate surface area is 156 Å². The molecule has 0 fully saturated rings. The predicted molar refractivity (Wildman–Crippen MR) is 101 cm³/mol. The van der Waals surface area contributed by atoms with E-state index in [1.807, 2.05) is 49.4 Å². The van der Waals surface area contributed by atoms with Crippen LogP contribution >= 0.6 is 0 Å². The number of nitrogens with zero attached hydrogens (tertiary/aromatic N) is 1. The highest BCUT2D eigenvalue weighted by Gasteiger charge is 2.16. The fraction of sp³-hybridized carbons (Fsp3) is 0.0952. The summed E-state index contributed by atoms with van der Waals surface area (Å²) >= 11 is 0. The van der Waals surface area contributed by atoms with Crippen LogP contribution in [0.4, 0.5) is 0 Å². The maximum absolute atomic E-state index is 12.6. The molecular weight excluding hydrogens is 342 g/mol. The molecule has 0 aliphatic carbocycles. The average molecular weight is 361 g/mol. The molecule has 3 rings (SSSR count). The zero-order chi connectivity index (χ0) is 19.2. The summed E-state index contributed by atoms with van der Waals surface area (Å²) in [4.78, 5) is 31.2. The number of rotatable bonds is 6. The van der Waals surface area contributed by atoms with Crippen molar-refractivity contribution in [2.24, 2.45) is 0 Å². The number of carbonyl (C=O) groups excluding carboxylic acids is 2. The van der Waals surface area contributed by atoms with E-state index in [0.717, 1.165) is 22.6 Å². The number of nitrogens with one attached hydrogen (secondary N) is 2. The number of imidazole rings is 1. The van der Waals surface area contributed by atoms with Gasteiger partial charge < -0.3 is 4.98 Å². The summed E-state index contributed by atoms with van der Waals surface area (Å²) in [5.41, 5.74) is 5.19. The van der Waals surface area contributed by atoms with E-state index < -0.39 is 5.91 Å². The lowest BCUT2D eigenvalue weighted by Crippen LogP contribution is -2.14. The van der Waals surface area contributed by atoms with Gasteiger partial charge in [-0.3, -0.25) is 14.8 Å². The SMILES string of the molecule is Cc1[nH]c(Cc2ccc(/C=C/C(=O)NO)cc2)nc1C(=O)c1ccccc1.